The highest BCUT2D eigenvalue weighted by molar-refractivity contribution is 5.97. The molecule has 6 heteroatoms. The van der Waals surface area contributed by atoms with Crippen LogP contribution in [0.3, 0.4) is 0 Å². The normalized spacial score (nSPS) is 11.1. The zero-order chi connectivity index (χ0) is 14.7. The second-order valence-electron chi connectivity index (χ2n) is 4.98. The summed E-state index contributed by atoms with van der Waals surface area (Å²) in [5.74, 6) is -1.09. The summed E-state index contributed by atoms with van der Waals surface area (Å²) in [5.41, 5.74) is -0.260. The molecule has 1 heterocycles. The lowest BCUT2D eigenvalue weighted by molar-refractivity contribution is 0.0984. The van der Waals surface area contributed by atoms with Crippen LogP contribution >= 0.6 is 0 Å². The van der Waals surface area contributed by atoms with Gasteiger partial charge in [-0.15, -0.1) is 0 Å². The largest absolute Gasteiger partial charge is 0.294 e. The van der Waals surface area contributed by atoms with E-state index >= 15 is 0 Å². The fourth-order valence-corrected chi connectivity index (χ4v) is 1.87. The first-order valence-electron chi connectivity index (χ1n) is 6.32. The van der Waals surface area contributed by atoms with Gasteiger partial charge >= 0.3 is 0 Å². The van der Waals surface area contributed by atoms with Crippen molar-refractivity contribution in [3.05, 3.63) is 47.5 Å². The number of hydrogen-bond acceptors (Lipinski definition) is 3. The van der Waals surface area contributed by atoms with Crippen molar-refractivity contribution >= 4 is 5.78 Å². The Kier molecular flexibility index (Phi) is 4.22. The third-order valence-electron chi connectivity index (χ3n) is 2.78. The molecule has 1 aromatic carbocycles. The number of Topliss-reactive ketones (excluding diaryl/α,β-unsaturated/α-hetero) is 1. The first-order chi connectivity index (χ1) is 9.47. The standard InChI is InChI=1S/C14H15F2N3O/c1-9(2)7-19-14(17-8-18-19)6-13(20)11-5-10(15)3-4-12(11)16/h3-5,8-9H,6-7H2,1-2H3. The van der Waals surface area contributed by atoms with Crippen molar-refractivity contribution in [2.75, 3.05) is 0 Å². The van der Waals surface area contributed by atoms with Crippen LogP contribution in [0.2, 0.25) is 0 Å². The maximum absolute atomic E-state index is 13.5. The molecule has 0 aliphatic heterocycles. The Bertz CT molecular complexity index is 623. The fraction of sp³-hybridized carbons (Fsp3) is 0.357. The highest BCUT2D eigenvalue weighted by atomic mass is 19.1. The molecule has 0 fully saturated rings. The third-order valence-corrected chi connectivity index (χ3v) is 2.78. The molecule has 20 heavy (non-hydrogen) atoms. The number of carbonyl (C=O) groups is 1. The number of benzene rings is 1. The summed E-state index contributed by atoms with van der Waals surface area (Å²) in [6.45, 7) is 4.65. The third kappa shape index (κ3) is 3.26. The SMILES string of the molecule is CC(C)Cn1ncnc1CC(=O)c1cc(F)ccc1F. The molecule has 0 bridgehead atoms. The monoisotopic (exact) mass is 279 g/mol. The molecular weight excluding hydrogens is 264 g/mol. The van der Waals surface area contributed by atoms with Gasteiger partial charge in [0.15, 0.2) is 5.78 Å². The second kappa shape index (κ2) is 5.90. The molecule has 0 aliphatic carbocycles. The zero-order valence-corrected chi connectivity index (χ0v) is 11.3. The van der Waals surface area contributed by atoms with Gasteiger partial charge in [-0.3, -0.25) is 4.79 Å². The van der Waals surface area contributed by atoms with E-state index in [9.17, 15) is 13.6 Å². The summed E-state index contributed by atoms with van der Waals surface area (Å²) in [5, 5.41) is 4.03. The highest BCUT2D eigenvalue weighted by Crippen LogP contribution is 2.13. The summed E-state index contributed by atoms with van der Waals surface area (Å²) in [6, 6.07) is 2.83. The smallest absolute Gasteiger partial charge is 0.173 e. The fourth-order valence-electron chi connectivity index (χ4n) is 1.87. The van der Waals surface area contributed by atoms with Crippen molar-refractivity contribution < 1.29 is 13.6 Å². The molecule has 0 atom stereocenters. The highest BCUT2D eigenvalue weighted by Gasteiger charge is 2.17. The van der Waals surface area contributed by atoms with E-state index in [1.165, 1.54) is 6.33 Å². The molecule has 0 unspecified atom stereocenters. The van der Waals surface area contributed by atoms with Gasteiger partial charge in [-0.25, -0.2) is 18.4 Å². The minimum Gasteiger partial charge on any atom is -0.294 e. The van der Waals surface area contributed by atoms with Gasteiger partial charge in [0.25, 0.3) is 0 Å². The van der Waals surface area contributed by atoms with E-state index in [-0.39, 0.29) is 12.0 Å². The molecule has 2 aromatic rings. The maximum Gasteiger partial charge on any atom is 0.173 e. The topological polar surface area (TPSA) is 47.8 Å². The van der Waals surface area contributed by atoms with E-state index in [1.807, 2.05) is 13.8 Å². The van der Waals surface area contributed by atoms with Gasteiger partial charge in [0.05, 0.1) is 12.0 Å². The lowest BCUT2D eigenvalue weighted by atomic mass is 10.1. The summed E-state index contributed by atoms with van der Waals surface area (Å²) in [4.78, 5) is 16.0. The number of rotatable bonds is 5. The molecule has 106 valence electrons. The van der Waals surface area contributed by atoms with E-state index < -0.39 is 17.4 Å². The number of hydrogen-bond donors (Lipinski definition) is 0. The zero-order valence-electron chi connectivity index (χ0n) is 11.3. The van der Waals surface area contributed by atoms with E-state index in [0.29, 0.717) is 18.3 Å². The van der Waals surface area contributed by atoms with Crippen LogP contribution < -0.4 is 0 Å². The van der Waals surface area contributed by atoms with Crippen LogP contribution in [0.25, 0.3) is 0 Å². The summed E-state index contributed by atoms with van der Waals surface area (Å²) in [6.07, 6.45) is 1.25. The predicted molar refractivity (Wildman–Crippen MR) is 69.3 cm³/mol. The van der Waals surface area contributed by atoms with Crippen LogP contribution in [0.15, 0.2) is 24.5 Å². The molecule has 4 nitrogen and oxygen atoms in total. The predicted octanol–water partition coefficient (Wildman–Crippen LogP) is 2.64. The first-order valence-corrected chi connectivity index (χ1v) is 6.32. The van der Waals surface area contributed by atoms with Crippen molar-refractivity contribution in [2.45, 2.75) is 26.8 Å². The molecular formula is C14H15F2N3O. The molecule has 0 N–H and O–H groups in total. The minimum atomic E-state index is -0.730. The van der Waals surface area contributed by atoms with Gasteiger partial charge in [-0.1, -0.05) is 13.8 Å². The van der Waals surface area contributed by atoms with Crippen LogP contribution in [0, 0.1) is 17.6 Å². The van der Waals surface area contributed by atoms with Crippen LogP contribution in [0.5, 0.6) is 0 Å². The second-order valence-corrected chi connectivity index (χ2v) is 4.98. The number of nitrogens with zero attached hydrogens (tertiary/aromatic N) is 3. The van der Waals surface area contributed by atoms with Crippen LogP contribution in [0.1, 0.15) is 30.0 Å². The van der Waals surface area contributed by atoms with Gasteiger partial charge in [0.1, 0.15) is 23.8 Å². The van der Waals surface area contributed by atoms with Gasteiger partial charge in [-0.05, 0) is 24.1 Å². The number of aromatic nitrogens is 3. The Morgan fingerprint density at radius 1 is 1.35 bits per heavy atom. The molecule has 0 saturated heterocycles. The minimum absolute atomic E-state index is 0.104. The van der Waals surface area contributed by atoms with Gasteiger partial charge < -0.3 is 0 Å². The Balaban J connectivity index is 2.20. The van der Waals surface area contributed by atoms with Crippen molar-refractivity contribution in [1.82, 2.24) is 14.8 Å². The van der Waals surface area contributed by atoms with Crippen LogP contribution in [0.4, 0.5) is 8.78 Å². The summed E-state index contributed by atoms with van der Waals surface area (Å²) in [7, 11) is 0. The van der Waals surface area contributed by atoms with Crippen LogP contribution in [-0.2, 0) is 13.0 Å². The van der Waals surface area contributed by atoms with Crippen molar-refractivity contribution in [3.8, 4) is 0 Å². The van der Waals surface area contributed by atoms with Gasteiger partial charge in [0.2, 0.25) is 0 Å². The molecule has 0 amide bonds. The van der Waals surface area contributed by atoms with E-state index in [4.69, 9.17) is 0 Å². The molecule has 0 radical (unpaired) electrons. The van der Waals surface area contributed by atoms with Gasteiger partial charge in [-0.2, -0.15) is 5.10 Å². The molecule has 0 spiro atoms. The maximum atomic E-state index is 13.5. The van der Waals surface area contributed by atoms with Crippen molar-refractivity contribution in [2.24, 2.45) is 5.92 Å². The van der Waals surface area contributed by atoms with Gasteiger partial charge in [0, 0.05) is 6.54 Å². The molecule has 0 aliphatic rings. The lowest BCUT2D eigenvalue weighted by Crippen LogP contribution is -2.15. The molecule has 1 aromatic heterocycles. The van der Waals surface area contributed by atoms with Crippen molar-refractivity contribution in [1.29, 1.82) is 0 Å². The Labute approximate surface area is 115 Å². The molecule has 2 rings (SSSR count). The lowest BCUT2D eigenvalue weighted by Gasteiger charge is -2.08. The van der Waals surface area contributed by atoms with E-state index in [1.54, 1.807) is 4.68 Å². The molecule has 0 saturated carbocycles. The quantitative estimate of drug-likeness (QED) is 0.790. The average Bonchev–Trinajstić information content (AvgIpc) is 2.78. The number of halogens is 2. The Morgan fingerprint density at radius 3 is 2.80 bits per heavy atom. The van der Waals surface area contributed by atoms with Crippen molar-refractivity contribution in [3.63, 3.8) is 0 Å². The summed E-state index contributed by atoms with van der Waals surface area (Å²) < 4.78 is 28.2. The first kappa shape index (κ1) is 14.3. The number of ketones is 1. The summed E-state index contributed by atoms with van der Waals surface area (Å²) >= 11 is 0. The van der Waals surface area contributed by atoms with E-state index in [0.717, 1.165) is 18.2 Å². The Hall–Kier alpha value is -2.11. The van der Waals surface area contributed by atoms with E-state index in [2.05, 4.69) is 10.1 Å². The number of carbonyl (C=O) groups excluding carboxylic acids is 1. The Morgan fingerprint density at radius 2 is 2.10 bits per heavy atom. The average molecular weight is 279 g/mol. The van der Waals surface area contributed by atoms with Crippen LogP contribution in [-0.4, -0.2) is 20.5 Å².